The molecule has 0 aromatic carbocycles. The van der Waals surface area contributed by atoms with Gasteiger partial charge in [0.1, 0.15) is 12.1 Å². The van der Waals surface area contributed by atoms with Gasteiger partial charge in [0.25, 0.3) is 0 Å². The molecular formula is C17H32F6N2. The smallest absolute Gasteiger partial charge is 0.306 e. The maximum atomic E-state index is 13.0. The van der Waals surface area contributed by atoms with Crippen LogP contribution >= 0.6 is 0 Å². The average molecular weight is 378 g/mol. The van der Waals surface area contributed by atoms with Gasteiger partial charge in [-0.05, 0) is 51.0 Å². The molecule has 4 atom stereocenters. The summed E-state index contributed by atoms with van der Waals surface area (Å²) in [5.41, 5.74) is 0. The van der Waals surface area contributed by atoms with Crippen molar-refractivity contribution in [1.82, 2.24) is 10.6 Å². The van der Waals surface area contributed by atoms with Gasteiger partial charge in [-0.2, -0.15) is 26.3 Å². The van der Waals surface area contributed by atoms with Crippen molar-refractivity contribution >= 4 is 0 Å². The predicted molar refractivity (Wildman–Crippen MR) is 88.4 cm³/mol. The van der Waals surface area contributed by atoms with E-state index in [1.54, 1.807) is 34.6 Å². The fraction of sp³-hybridized carbons (Fsp3) is 1.00. The molecule has 0 spiro atoms. The van der Waals surface area contributed by atoms with Crippen LogP contribution in [-0.4, -0.2) is 37.0 Å². The minimum atomic E-state index is -4.32. The molecule has 0 aliphatic rings. The molecule has 0 fully saturated rings. The number of rotatable bonds is 11. The van der Waals surface area contributed by atoms with E-state index in [0.717, 1.165) is 0 Å². The zero-order valence-corrected chi connectivity index (χ0v) is 15.7. The first-order valence-corrected chi connectivity index (χ1v) is 8.90. The largest absolute Gasteiger partial charge is 0.403 e. The highest BCUT2D eigenvalue weighted by molar-refractivity contribution is 4.81. The van der Waals surface area contributed by atoms with Crippen LogP contribution in [0.15, 0.2) is 0 Å². The van der Waals surface area contributed by atoms with Crippen molar-refractivity contribution in [2.24, 2.45) is 11.8 Å². The van der Waals surface area contributed by atoms with Crippen LogP contribution in [0, 0.1) is 11.8 Å². The van der Waals surface area contributed by atoms with Gasteiger partial charge in [-0.15, -0.1) is 0 Å². The summed E-state index contributed by atoms with van der Waals surface area (Å²) in [7, 11) is 0. The third-order valence-electron chi connectivity index (χ3n) is 4.16. The van der Waals surface area contributed by atoms with Gasteiger partial charge in [-0.1, -0.05) is 27.7 Å². The Labute approximate surface area is 147 Å². The first-order valence-electron chi connectivity index (χ1n) is 8.90. The first-order chi connectivity index (χ1) is 11.3. The predicted octanol–water partition coefficient (Wildman–Crippen LogP) is 5.29. The van der Waals surface area contributed by atoms with Crippen LogP contribution in [0.4, 0.5) is 26.3 Å². The van der Waals surface area contributed by atoms with Crippen LogP contribution in [0.25, 0.3) is 0 Å². The van der Waals surface area contributed by atoms with Gasteiger partial charge < -0.3 is 10.6 Å². The van der Waals surface area contributed by atoms with Gasteiger partial charge in [0.05, 0.1) is 0 Å². The van der Waals surface area contributed by atoms with Crippen LogP contribution in [0.2, 0.25) is 0 Å². The Bertz CT molecular complexity index is 354. The molecule has 0 bridgehead atoms. The molecular weight excluding hydrogens is 346 g/mol. The zero-order chi connectivity index (χ0) is 19.8. The normalized spacial score (nSPS) is 18.2. The second-order valence-corrected chi connectivity index (χ2v) is 7.36. The molecule has 0 amide bonds. The average Bonchev–Trinajstić information content (AvgIpc) is 2.41. The van der Waals surface area contributed by atoms with Crippen LogP contribution in [-0.2, 0) is 0 Å². The van der Waals surface area contributed by atoms with E-state index < -0.39 is 30.5 Å². The molecule has 0 saturated heterocycles. The summed E-state index contributed by atoms with van der Waals surface area (Å²) in [6, 6.07) is -3.56. The number of nitrogens with one attached hydrogen (secondary N) is 2. The van der Waals surface area contributed by atoms with Crippen LogP contribution in [0.5, 0.6) is 0 Å². The lowest BCUT2D eigenvalue weighted by Gasteiger charge is -2.28. The number of hydrogen-bond donors (Lipinski definition) is 2. The Hall–Kier alpha value is -0.500. The van der Waals surface area contributed by atoms with Crippen molar-refractivity contribution in [1.29, 1.82) is 0 Å². The SMILES string of the molecule is CCN[C@@H](CC(C)CCC(C)N[C@H](CC(C)C)C(F)(F)F)C(F)(F)F. The third kappa shape index (κ3) is 10.9. The topological polar surface area (TPSA) is 24.1 Å². The van der Waals surface area contributed by atoms with Gasteiger partial charge in [0.2, 0.25) is 0 Å². The van der Waals surface area contributed by atoms with E-state index in [9.17, 15) is 26.3 Å². The molecule has 0 rings (SSSR count). The summed E-state index contributed by atoms with van der Waals surface area (Å²) in [5, 5.41) is 5.01. The van der Waals surface area contributed by atoms with E-state index in [1.165, 1.54) is 0 Å². The molecule has 0 aromatic heterocycles. The van der Waals surface area contributed by atoms with E-state index in [-0.39, 0.29) is 31.2 Å². The van der Waals surface area contributed by atoms with Gasteiger partial charge >= 0.3 is 12.4 Å². The second-order valence-electron chi connectivity index (χ2n) is 7.36. The highest BCUT2D eigenvalue weighted by Gasteiger charge is 2.41. The summed E-state index contributed by atoms with van der Waals surface area (Å²) in [4.78, 5) is 0. The lowest BCUT2D eigenvalue weighted by Crippen LogP contribution is -2.47. The van der Waals surface area contributed by atoms with E-state index in [0.29, 0.717) is 12.8 Å². The molecule has 0 saturated carbocycles. The summed E-state index contributed by atoms with van der Waals surface area (Å²) < 4.78 is 77.8. The van der Waals surface area contributed by atoms with Crippen molar-refractivity contribution in [3.05, 3.63) is 0 Å². The van der Waals surface area contributed by atoms with Crippen molar-refractivity contribution in [3.63, 3.8) is 0 Å². The number of halogens is 6. The summed E-state index contributed by atoms with van der Waals surface area (Å²) in [5.74, 6) is -0.331. The Morgan fingerprint density at radius 3 is 1.68 bits per heavy atom. The third-order valence-corrected chi connectivity index (χ3v) is 4.16. The molecule has 25 heavy (non-hydrogen) atoms. The van der Waals surface area contributed by atoms with E-state index in [2.05, 4.69) is 10.6 Å². The Kier molecular flexibility index (Phi) is 10.4. The minimum Gasteiger partial charge on any atom is -0.306 e. The molecule has 0 aliphatic carbocycles. The van der Waals surface area contributed by atoms with Crippen LogP contribution in [0.3, 0.4) is 0 Å². The van der Waals surface area contributed by atoms with Gasteiger partial charge in [0.15, 0.2) is 0 Å². The lowest BCUT2D eigenvalue weighted by molar-refractivity contribution is -0.162. The summed E-state index contributed by atoms with van der Waals surface area (Å²) >= 11 is 0. The monoisotopic (exact) mass is 378 g/mol. The maximum Gasteiger partial charge on any atom is 0.403 e. The lowest BCUT2D eigenvalue weighted by atomic mass is 9.94. The van der Waals surface area contributed by atoms with Crippen molar-refractivity contribution in [2.45, 2.75) is 90.8 Å². The quantitative estimate of drug-likeness (QED) is 0.478. The van der Waals surface area contributed by atoms with Crippen LogP contribution < -0.4 is 10.6 Å². The maximum absolute atomic E-state index is 13.0. The Balaban J connectivity index is 4.48. The molecule has 2 nitrogen and oxygen atoms in total. The molecule has 152 valence electrons. The van der Waals surface area contributed by atoms with Gasteiger partial charge in [-0.25, -0.2) is 0 Å². The molecule has 2 unspecified atom stereocenters. The second kappa shape index (κ2) is 10.6. The van der Waals surface area contributed by atoms with E-state index >= 15 is 0 Å². The van der Waals surface area contributed by atoms with E-state index in [1.807, 2.05) is 0 Å². The molecule has 0 radical (unpaired) electrons. The fourth-order valence-electron chi connectivity index (χ4n) is 2.83. The highest BCUT2D eigenvalue weighted by Crippen LogP contribution is 2.28. The fourth-order valence-corrected chi connectivity index (χ4v) is 2.83. The summed E-state index contributed by atoms with van der Waals surface area (Å²) in [6.07, 6.45) is -7.87. The standard InChI is InChI=1S/C17H32F6N2/c1-6-24-14(16(18,19)20)10-12(4)7-8-13(5)25-15(9-11(2)3)17(21,22)23/h11-15,24-25H,6-10H2,1-5H3/t12?,13?,14-,15+/m0/s1. The highest BCUT2D eigenvalue weighted by atomic mass is 19.4. The van der Waals surface area contributed by atoms with Gasteiger partial charge in [0, 0.05) is 6.04 Å². The molecule has 0 aliphatic heterocycles. The Morgan fingerprint density at radius 1 is 0.760 bits per heavy atom. The first kappa shape index (κ1) is 24.5. The molecule has 0 heterocycles. The molecule has 2 N–H and O–H groups in total. The number of hydrogen-bond acceptors (Lipinski definition) is 2. The molecule has 0 aromatic rings. The molecule has 8 heteroatoms. The zero-order valence-electron chi connectivity index (χ0n) is 15.7. The van der Waals surface area contributed by atoms with Crippen molar-refractivity contribution in [2.75, 3.05) is 6.54 Å². The van der Waals surface area contributed by atoms with Crippen molar-refractivity contribution < 1.29 is 26.3 Å². The van der Waals surface area contributed by atoms with Gasteiger partial charge in [-0.3, -0.25) is 0 Å². The Morgan fingerprint density at radius 2 is 1.28 bits per heavy atom. The minimum absolute atomic E-state index is 0.0139. The number of alkyl halides is 6. The van der Waals surface area contributed by atoms with E-state index in [4.69, 9.17) is 0 Å². The summed E-state index contributed by atoms with van der Waals surface area (Å²) in [6.45, 7) is 8.64. The van der Waals surface area contributed by atoms with Crippen LogP contribution in [0.1, 0.15) is 60.3 Å². The van der Waals surface area contributed by atoms with Crippen molar-refractivity contribution in [3.8, 4) is 0 Å².